The van der Waals surface area contributed by atoms with Gasteiger partial charge in [-0.05, 0) is 19.4 Å². The normalized spacial score (nSPS) is 11.3. The standard InChI is InChI=1S/C11H14O4/c1-11(2,15-14-8-10(12)13)9-6-4-3-5-7-9/h3-7H,8H2,1-2H3,(H,12,13)/p-1. The molecule has 0 unspecified atom stereocenters. The first-order chi connectivity index (χ1) is 7.02. The van der Waals surface area contributed by atoms with Crippen molar-refractivity contribution in [1.29, 1.82) is 0 Å². The number of aliphatic carboxylic acids is 1. The highest BCUT2D eigenvalue weighted by Crippen LogP contribution is 2.24. The molecule has 0 heterocycles. The van der Waals surface area contributed by atoms with Gasteiger partial charge in [-0.25, -0.2) is 9.78 Å². The van der Waals surface area contributed by atoms with Crippen LogP contribution in [-0.4, -0.2) is 12.6 Å². The van der Waals surface area contributed by atoms with Gasteiger partial charge in [0, 0.05) is 0 Å². The van der Waals surface area contributed by atoms with Gasteiger partial charge in [0.05, 0.1) is 5.97 Å². The van der Waals surface area contributed by atoms with Gasteiger partial charge in [0.25, 0.3) is 0 Å². The van der Waals surface area contributed by atoms with E-state index in [9.17, 15) is 9.90 Å². The lowest BCUT2D eigenvalue weighted by atomic mass is 9.99. The molecule has 0 aliphatic rings. The molecule has 0 N–H and O–H groups in total. The lowest BCUT2D eigenvalue weighted by Crippen LogP contribution is -2.30. The Balaban J connectivity index is 2.56. The van der Waals surface area contributed by atoms with Gasteiger partial charge < -0.3 is 9.90 Å². The number of carbonyl (C=O) groups excluding carboxylic acids is 1. The van der Waals surface area contributed by atoms with Gasteiger partial charge >= 0.3 is 0 Å². The van der Waals surface area contributed by atoms with Crippen molar-refractivity contribution in [2.24, 2.45) is 0 Å². The molecule has 82 valence electrons. The Morgan fingerprint density at radius 1 is 1.33 bits per heavy atom. The summed E-state index contributed by atoms with van der Waals surface area (Å²) >= 11 is 0. The van der Waals surface area contributed by atoms with E-state index in [1.54, 1.807) is 13.8 Å². The Morgan fingerprint density at radius 2 is 1.93 bits per heavy atom. The molecule has 1 aromatic carbocycles. The zero-order valence-electron chi connectivity index (χ0n) is 8.73. The van der Waals surface area contributed by atoms with Gasteiger partial charge in [-0.15, -0.1) is 0 Å². The van der Waals surface area contributed by atoms with Crippen LogP contribution in [0.5, 0.6) is 0 Å². The molecule has 4 nitrogen and oxygen atoms in total. The molecule has 0 radical (unpaired) electrons. The summed E-state index contributed by atoms with van der Waals surface area (Å²) in [4.78, 5) is 19.7. The summed E-state index contributed by atoms with van der Waals surface area (Å²) in [7, 11) is 0. The van der Waals surface area contributed by atoms with Crippen LogP contribution in [0, 0.1) is 0 Å². The topological polar surface area (TPSA) is 58.6 Å². The lowest BCUT2D eigenvalue weighted by Gasteiger charge is -2.24. The molecule has 0 atom stereocenters. The molecule has 0 spiro atoms. The average Bonchev–Trinajstić information content (AvgIpc) is 2.18. The quantitative estimate of drug-likeness (QED) is 0.527. The van der Waals surface area contributed by atoms with Crippen LogP contribution in [0.15, 0.2) is 30.3 Å². The van der Waals surface area contributed by atoms with E-state index in [0.29, 0.717) is 0 Å². The highest BCUT2D eigenvalue weighted by molar-refractivity contribution is 5.65. The van der Waals surface area contributed by atoms with Crippen LogP contribution in [0.25, 0.3) is 0 Å². The Morgan fingerprint density at radius 3 is 2.47 bits per heavy atom. The number of rotatable bonds is 5. The predicted octanol–water partition coefficient (Wildman–Crippen LogP) is 0.620. The second kappa shape index (κ2) is 4.91. The van der Waals surface area contributed by atoms with E-state index in [1.165, 1.54) is 0 Å². The van der Waals surface area contributed by atoms with E-state index in [4.69, 9.17) is 4.89 Å². The van der Waals surface area contributed by atoms with Crippen LogP contribution >= 0.6 is 0 Å². The number of benzene rings is 1. The van der Waals surface area contributed by atoms with Gasteiger partial charge in [-0.3, -0.25) is 0 Å². The highest BCUT2D eigenvalue weighted by atomic mass is 17.2. The molecule has 1 aromatic rings. The van der Waals surface area contributed by atoms with E-state index >= 15 is 0 Å². The number of carboxylic acid groups (broad SMARTS) is 1. The fraction of sp³-hybridized carbons (Fsp3) is 0.364. The van der Waals surface area contributed by atoms with Crippen molar-refractivity contribution >= 4 is 5.97 Å². The van der Waals surface area contributed by atoms with E-state index in [1.807, 2.05) is 30.3 Å². The van der Waals surface area contributed by atoms with E-state index < -0.39 is 18.2 Å². The second-order valence-corrected chi connectivity index (χ2v) is 3.59. The third kappa shape index (κ3) is 3.69. The fourth-order valence-electron chi connectivity index (χ4n) is 1.11. The van der Waals surface area contributed by atoms with Gasteiger partial charge in [0.2, 0.25) is 0 Å². The van der Waals surface area contributed by atoms with Crippen LogP contribution in [-0.2, 0) is 20.2 Å². The molecule has 0 saturated carbocycles. The van der Waals surface area contributed by atoms with Crippen LogP contribution in [0.3, 0.4) is 0 Å². The largest absolute Gasteiger partial charge is 0.547 e. The first kappa shape index (κ1) is 11.7. The summed E-state index contributed by atoms with van der Waals surface area (Å²) in [5.74, 6) is -1.31. The summed E-state index contributed by atoms with van der Waals surface area (Å²) in [6.07, 6.45) is 0. The molecule has 1 rings (SSSR count). The van der Waals surface area contributed by atoms with Crippen molar-refractivity contribution < 1.29 is 19.7 Å². The molecule has 0 aromatic heterocycles. The minimum Gasteiger partial charge on any atom is -0.547 e. The molecular formula is C11H13O4-. The van der Waals surface area contributed by atoms with Crippen molar-refractivity contribution in [2.45, 2.75) is 19.4 Å². The molecule has 0 bridgehead atoms. The summed E-state index contributed by atoms with van der Waals surface area (Å²) in [5, 5.41) is 10.1. The van der Waals surface area contributed by atoms with Crippen molar-refractivity contribution in [3.8, 4) is 0 Å². The third-order valence-corrected chi connectivity index (χ3v) is 1.91. The summed E-state index contributed by atoms with van der Waals surface area (Å²) < 4.78 is 0. The minimum atomic E-state index is -1.31. The Kier molecular flexibility index (Phi) is 3.82. The minimum absolute atomic E-state index is 0.573. The number of carboxylic acids is 1. The maximum Gasteiger partial charge on any atom is 0.123 e. The molecule has 4 heteroatoms. The monoisotopic (exact) mass is 209 g/mol. The Bertz CT molecular complexity index is 319. The van der Waals surface area contributed by atoms with Crippen molar-refractivity contribution in [3.63, 3.8) is 0 Å². The zero-order chi connectivity index (χ0) is 11.3. The molecular weight excluding hydrogens is 196 g/mol. The van der Waals surface area contributed by atoms with Gasteiger partial charge in [0.15, 0.2) is 0 Å². The molecule has 0 saturated heterocycles. The third-order valence-electron chi connectivity index (χ3n) is 1.91. The van der Waals surface area contributed by atoms with Crippen LogP contribution in [0.4, 0.5) is 0 Å². The van der Waals surface area contributed by atoms with Crippen LogP contribution in [0.2, 0.25) is 0 Å². The lowest BCUT2D eigenvalue weighted by molar-refractivity contribution is -0.375. The number of hydrogen-bond donors (Lipinski definition) is 0. The van der Waals surface area contributed by atoms with E-state index in [-0.39, 0.29) is 0 Å². The van der Waals surface area contributed by atoms with E-state index in [0.717, 1.165) is 5.56 Å². The smallest absolute Gasteiger partial charge is 0.123 e. The SMILES string of the molecule is CC(C)(OOCC(=O)[O-])c1ccccc1. The molecule has 0 fully saturated rings. The van der Waals surface area contributed by atoms with Crippen LogP contribution in [0.1, 0.15) is 19.4 Å². The summed E-state index contributed by atoms with van der Waals surface area (Å²) in [6.45, 7) is 3.01. The number of carbonyl (C=O) groups is 1. The first-order valence-corrected chi connectivity index (χ1v) is 4.58. The van der Waals surface area contributed by atoms with Gasteiger partial charge in [-0.1, -0.05) is 30.3 Å². The van der Waals surface area contributed by atoms with Gasteiger partial charge in [-0.2, -0.15) is 0 Å². The van der Waals surface area contributed by atoms with Crippen molar-refractivity contribution in [1.82, 2.24) is 0 Å². The maximum atomic E-state index is 10.1. The average molecular weight is 209 g/mol. The molecule has 0 aliphatic carbocycles. The van der Waals surface area contributed by atoms with E-state index in [2.05, 4.69) is 4.89 Å². The summed E-state index contributed by atoms with van der Waals surface area (Å²) in [5.41, 5.74) is 0.222. The Labute approximate surface area is 88.4 Å². The van der Waals surface area contributed by atoms with Crippen LogP contribution < -0.4 is 5.11 Å². The van der Waals surface area contributed by atoms with Crippen molar-refractivity contribution in [2.75, 3.05) is 6.61 Å². The van der Waals surface area contributed by atoms with Gasteiger partial charge in [0.1, 0.15) is 12.2 Å². The molecule has 0 amide bonds. The fourth-order valence-corrected chi connectivity index (χ4v) is 1.11. The summed E-state index contributed by atoms with van der Waals surface area (Å²) in [6, 6.07) is 9.39. The molecule has 0 aliphatic heterocycles. The Hall–Kier alpha value is -1.39. The van der Waals surface area contributed by atoms with Crippen molar-refractivity contribution in [3.05, 3.63) is 35.9 Å². The zero-order valence-corrected chi connectivity index (χ0v) is 8.73. The second-order valence-electron chi connectivity index (χ2n) is 3.59. The molecule has 15 heavy (non-hydrogen) atoms. The number of hydrogen-bond acceptors (Lipinski definition) is 4. The first-order valence-electron chi connectivity index (χ1n) is 4.58. The maximum absolute atomic E-state index is 10.1. The predicted molar refractivity (Wildman–Crippen MR) is 51.5 cm³/mol. The highest BCUT2D eigenvalue weighted by Gasteiger charge is 2.22.